The van der Waals surface area contributed by atoms with Gasteiger partial charge in [0.05, 0.1) is 0 Å². The van der Waals surface area contributed by atoms with E-state index in [1.807, 2.05) is 25.1 Å². The van der Waals surface area contributed by atoms with E-state index in [1.165, 1.54) is 12.8 Å². The zero-order chi connectivity index (χ0) is 14.9. The van der Waals surface area contributed by atoms with Crippen LogP contribution in [0, 0.1) is 24.2 Å². The molecule has 0 radical (unpaired) electrons. The molecule has 0 heterocycles. The minimum Gasteiger partial charge on any atom is -0.399 e. The fourth-order valence-electron chi connectivity index (χ4n) is 3.29. The molecule has 0 aliphatic heterocycles. The Labute approximate surface area is 122 Å². The third kappa shape index (κ3) is 3.23. The molecule has 0 aromatic heterocycles. The maximum absolute atomic E-state index is 12.6. The van der Waals surface area contributed by atoms with Gasteiger partial charge >= 0.3 is 0 Å². The molecule has 0 bridgehead atoms. The summed E-state index contributed by atoms with van der Waals surface area (Å²) in [5, 5.41) is 0. The molecule has 0 atom stereocenters. The molecule has 0 unspecified atom stereocenters. The number of Topliss-reactive ketones (excluding diaryl/α,β-unsaturated/α-hetero) is 1. The lowest BCUT2D eigenvalue weighted by atomic mass is 9.68. The predicted molar refractivity (Wildman–Crippen MR) is 84.8 cm³/mol. The van der Waals surface area contributed by atoms with Crippen LogP contribution >= 0.6 is 0 Å². The van der Waals surface area contributed by atoms with E-state index >= 15 is 0 Å². The van der Waals surface area contributed by atoms with Crippen molar-refractivity contribution in [2.45, 2.75) is 53.4 Å². The molecule has 1 fully saturated rings. The maximum Gasteiger partial charge on any atom is 0.165 e. The summed E-state index contributed by atoms with van der Waals surface area (Å²) in [6.07, 6.45) is 4.41. The number of benzene rings is 1. The summed E-state index contributed by atoms with van der Waals surface area (Å²) in [7, 11) is 0. The van der Waals surface area contributed by atoms with Crippen molar-refractivity contribution in [3.63, 3.8) is 0 Å². The first-order valence-corrected chi connectivity index (χ1v) is 7.69. The van der Waals surface area contributed by atoms with Crippen LogP contribution in [0.5, 0.6) is 0 Å². The number of rotatable bonds is 2. The minimum absolute atomic E-state index is 0.205. The highest BCUT2D eigenvalue weighted by molar-refractivity contribution is 5.98. The van der Waals surface area contributed by atoms with Gasteiger partial charge in [0.15, 0.2) is 5.78 Å². The van der Waals surface area contributed by atoms with Gasteiger partial charge in [-0.2, -0.15) is 0 Å². The number of hydrogen-bond acceptors (Lipinski definition) is 2. The molecule has 1 saturated carbocycles. The molecule has 1 aliphatic carbocycles. The molecule has 1 aromatic rings. The lowest BCUT2D eigenvalue weighted by Gasteiger charge is -2.36. The quantitative estimate of drug-likeness (QED) is 0.631. The van der Waals surface area contributed by atoms with Crippen molar-refractivity contribution in [2.75, 3.05) is 5.73 Å². The molecule has 2 rings (SSSR count). The standard InChI is InChI=1S/C18H27NO/c1-12-11-14(7-10-16(12)19)17(20)13-5-8-15(9-6-13)18(2,3)4/h7,10-11,13,15H,5-6,8-9,19H2,1-4H3. The first-order valence-electron chi connectivity index (χ1n) is 7.69. The van der Waals surface area contributed by atoms with Crippen LogP contribution < -0.4 is 5.73 Å². The molecule has 1 aromatic carbocycles. The van der Waals surface area contributed by atoms with Gasteiger partial charge in [-0.1, -0.05) is 20.8 Å². The van der Waals surface area contributed by atoms with E-state index in [0.717, 1.165) is 35.6 Å². The zero-order valence-electron chi connectivity index (χ0n) is 13.2. The molecule has 1 aliphatic rings. The summed E-state index contributed by atoms with van der Waals surface area (Å²) in [5.74, 6) is 1.26. The summed E-state index contributed by atoms with van der Waals surface area (Å²) < 4.78 is 0. The van der Waals surface area contributed by atoms with Crippen LogP contribution in [0.2, 0.25) is 0 Å². The lowest BCUT2D eigenvalue weighted by molar-refractivity contribution is 0.0819. The van der Waals surface area contributed by atoms with Gasteiger partial charge in [0.2, 0.25) is 0 Å². The Morgan fingerprint density at radius 3 is 2.25 bits per heavy atom. The third-order valence-electron chi connectivity index (χ3n) is 4.88. The third-order valence-corrected chi connectivity index (χ3v) is 4.88. The second-order valence-corrected chi connectivity index (χ2v) is 7.35. The number of carbonyl (C=O) groups excluding carboxylic acids is 1. The molecule has 110 valence electrons. The van der Waals surface area contributed by atoms with Gasteiger partial charge < -0.3 is 5.73 Å². The highest BCUT2D eigenvalue weighted by Crippen LogP contribution is 2.40. The number of carbonyl (C=O) groups is 1. The molecule has 0 amide bonds. The molecule has 2 nitrogen and oxygen atoms in total. The van der Waals surface area contributed by atoms with Crippen LogP contribution in [0.3, 0.4) is 0 Å². The van der Waals surface area contributed by atoms with Gasteiger partial charge in [0.1, 0.15) is 0 Å². The van der Waals surface area contributed by atoms with Crippen molar-refractivity contribution in [3.05, 3.63) is 29.3 Å². The normalized spacial score (nSPS) is 23.6. The van der Waals surface area contributed by atoms with Gasteiger partial charge in [0.25, 0.3) is 0 Å². The average Bonchev–Trinajstić information content (AvgIpc) is 2.40. The molecule has 0 saturated heterocycles. The zero-order valence-corrected chi connectivity index (χ0v) is 13.2. The van der Waals surface area contributed by atoms with Gasteiger partial charge in [-0.05, 0) is 67.7 Å². The van der Waals surface area contributed by atoms with Crippen molar-refractivity contribution < 1.29 is 4.79 Å². The number of anilines is 1. The van der Waals surface area contributed by atoms with Crippen LogP contribution in [0.15, 0.2) is 18.2 Å². The van der Waals surface area contributed by atoms with Crippen LogP contribution in [0.4, 0.5) is 5.69 Å². The Bertz CT molecular complexity index is 491. The van der Waals surface area contributed by atoms with E-state index in [9.17, 15) is 4.79 Å². The van der Waals surface area contributed by atoms with E-state index in [2.05, 4.69) is 20.8 Å². The predicted octanol–water partition coefficient (Wildman–Crippen LogP) is 4.61. The number of nitrogens with two attached hydrogens (primary N) is 1. The second-order valence-electron chi connectivity index (χ2n) is 7.35. The van der Waals surface area contributed by atoms with E-state index in [1.54, 1.807) is 0 Å². The van der Waals surface area contributed by atoms with Crippen molar-refractivity contribution in [1.29, 1.82) is 0 Å². The molecule has 20 heavy (non-hydrogen) atoms. The number of hydrogen-bond donors (Lipinski definition) is 1. The summed E-state index contributed by atoms with van der Waals surface area (Å²) in [6, 6.07) is 5.66. The first kappa shape index (κ1) is 15.1. The molecular formula is C18H27NO. The highest BCUT2D eigenvalue weighted by Gasteiger charge is 2.32. The summed E-state index contributed by atoms with van der Waals surface area (Å²) in [4.78, 5) is 12.6. The summed E-state index contributed by atoms with van der Waals surface area (Å²) in [5.41, 5.74) is 8.78. The van der Waals surface area contributed by atoms with Crippen molar-refractivity contribution in [1.82, 2.24) is 0 Å². The van der Waals surface area contributed by atoms with Gasteiger partial charge in [-0.15, -0.1) is 0 Å². The fraction of sp³-hybridized carbons (Fsp3) is 0.611. The molecule has 2 heteroatoms. The average molecular weight is 273 g/mol. The largest absolute Gasteiger partial charge is 0.399 e. The first-order chi connectivity index (χ1) is 9.29. The summed E-state index contributed by atoms with van der Waals surface area (Å²) >= 11 is 0. The Morgan fingerprint density at radius 2 is 1.75 bits per heavy atom. The van der Waals surface area contributed by atoms with Crippen molar-refractivity contribution >= 4 is 11.5 Å². The van der Waals surface area contributed by atoms with Crippen molar-refractivity contribution in [3.8, 4) is 0 Å². The number of nitrogen functional groups attached to an aromatic ring is 1. The Balaban J connectivity index is 2.03. The second kappa shape index (κ2) is 5.59. The highest BCUT2D eigenvalue weighted by atomic mass is 16.1. The maximum atomic E-state index is 12.6. The van der Waals surface area contributed by atoms with Gasteiger partial charge in [-0.25, -0.2) is 0 Å². The van der Waals surface area contributed by atoms with E-state index in [0.29, 0.717) is 11.2 Å². The minimum atomic E-state index is 0.205. The topological polar surface area (TPSA) is 43.1 Å². The van der Waals surface area contributed by atoms with Crippen molar-refractivity contribution in [2.24, 2.45) is 17.3 Å². The van der Waals surface area contributed by atoms with E-state index < -0.39 is 0 Å². The van der Waals surface area contributed by atoms with Crippen LogP contribution in [0.1, 0.15) is 62.4 Å². The molecule has 2 N–H and O–H groups in total. The van der Waals surface area contributed by atoms with E-state index in [-0.39, 0.29) is 5.92 Å². The summed E-state index contributed by atoms with van der Waals surface area (Å²) in [6.45, 7) is 8.89. The SMILES string of the molecule is Cc1cc(C(=O)C2CCC(C(C)(C)C)CC2)ccc1N. The Morgan fingerprint density at radius 1 is 1.15 bits per heavy atom. The number of aryl methyl sites for hydroxylation is 1. The lowest BCUT2D eigenvalue weighted by Crippen LogP contribution is -2.28. The Kier molecular flexibility index (Phi) is 4.22. The van der Waals surface area contributed by atoms with Gasteiger partial charge in [-0.3, -0.25) is 4.79 Å². The van der Waals surface area contributed by atoms with Crippen LogP contribution in [-0.2, 0) is 0 Å². The fourth-order valence-corrected chi connectivity index (χ4v) is 3.29. The van der Waals surface area contributed by atoms with Crippen LogP contribution in [0.25, 0.3) is 0 Å². The smallest absolute Gasteiger partial charge is 0.165 e. The van der Waals surface area contributed by atoms with Gasteiger partial charge in [0, 0.05) is 17.2 Å². The monoisotopic (exact) mass is 273 g/mol. The molecular weight excluding hydrogens is 246 g/mol. The van der Waals surface area contributed by atoms with Crippen LogP contribution in [-0.4, -0.2) is 5.78 Å². The van der Waals surface area contributed by atoms with E-state index in [4.69, 9.17) is 5.73 Å². The Hall–Kier alpha value is -1.31. The molecule has 0 spiro atoms. The number of ketones is 1.